The molecule has 0 N–H and O–H groups in total. The molecule has 140 valence electrons. The Morgan fingerprint density at radius 1 is 1.23 bits per heavy atom. The molecule has 1 fully saturated rings. The van der Waals surface area contributed by atoms with Crippen molar-refractivity contribution in [2.45, 2.75) is 36.7 Å². The first-order chi connectivity index (χ1) is 12.5. The van der Waals surface area contributed by atoms with E-state index in [-0.39, 0.29) is 36.5 Å². The molecule has 1 heterocycles. The minimum atomic E-state index is -3.62. The zero-order valence-corrected chi connectivity index (χ0v) is 15.3. The van der Waals surface area contributed by atoms with Crippen molar-refractivity contribution >= 4 is 16.0 Å². The monoisotopic (exact) mass is 379 g/mol. The lowest BCUT2D eigenvalue weighted by Gasteiger charge is -2.21. The maximum Gasteiger partial charge on any atom is 0.308 e. The number of ether oxygens (including phenoxy) is 2. The molecule has 3 rings (SSSR count). The summed E-state index contributed by atoms with van der Waals surface area (Å²) in [6, 6.07) is 9.72. The van der Waals surface area contributed by atoms with E-state index >= 15 is 0 Å². The van der Waals surface area contributed by atoms with Crippen LogP contribution in [0.2, 0.25) is 0 Å². The number of esters is 1. The minimum Gasteiger partial charge on any atom is -0.493 e. The second-order valence-electron chi connectivity index (χ2n) is 6.01. The van der Waals surface area contributed by atoms with Crippen LogP contribution in [0.5, 0.6) is 5.75 Å². The van der Waals surface area contributed by atoms with E-state index < -0.39 is 10.0 Å². The van der Waals surface area contributed by atoms with Gasteiger partial charge in [0.1, 0.15) is 11.5 Å². The largest absolute Gasteiger partial charge is 0.493 e. The lowest BCUT2D eigenvalue weighted by Crippen LogP contribution is -2.32. The molecule has 0 bridgehead atoms. The zero-order valence-electron chi connectivity index (χ0n) is 14.5. The second kappa shape index (κ2) is 7.92. The highest BCUT2D eigenvalue weighted by Crippen LogP contribution is 2.34. The molecular weight excluding hydrogens is 358 g/mol. The average Bonchev–Trinajstić information content (AvgIpc) is 3.35. The van der Waals surface area contributed by atoms with Crippen LogP contribution >= 0.6 is 0 Å². The molecule has 2 aromatic rings. The number of carbonyl (C=O) groups is 1. The first kappa shape index (κ1) is 18.5. The van der Waals surface area contributed by atoms with Crippen molar-refractivity contribution in [2.75, 3.05) is 13.7 Å². The topological polar surface area (TPSA) is 86.0 Å². The van der Waals surface area contributed by atoms with Crippen LogP contribution in [0.15, 0.2) is 52.0 Å². The minimum absolute atomic E-state index is 0.0149. The fraction of sp³-hybridized carbons (Fsp3) is 0.389. The molecule has 26 heavy (non-hydrogen) atoms. The van der Waals surface area contributed by atoms with Crippen LogP contribution in [-0.4, -0.2) is 38.5 Å². The Balaban J connectivity index is 1.68. The molecule has 0 unspecified atom stereocenters. The summed E-state index contributed by atoms with van der Waals surface area (Å²) >= 11 is 0. The molecular formula is C18H21NO6S. The van der Waals surface area contributed by atoms with Crippen molar-refractivity contribution in [3.8, 4) is 5.75 Å². The van der Waals surface area contributed by atoms with Crippen molar-refractivity contribution in [3.63, 3.8) is 0 Å². The smallest absolute Gasteiger partial charge is 0.308 e. The van der Waals surface area contributed by atoms with Gasteiger partial charge in [-0.1, -0.05) is 0 Å². The van der Waals surface area contributed by atoms with Crippen molar-refractivity contribution < 1.29 is 27.1 Å². The van der Waals surface area contributed by atoms with Gasteiger partial charge < -0.3 is 13.9 Å². The number of hydrogen-bond donors (Lipinski definition) is 0. The average molecular weight is 379 g/mol. The maximum absolute atomic E-state index is 13.0. The molecule has 7 nitrogen and oxygen atoms in total. The summed E-state index contributed by atoms with van der Waals surface area (Å²) in [5, 5.41) is 0. The number of carbonyl (C=O) groups excluding carboxylic acids is 1. The first-order valence-corrected chi connectivity index (χ1v) is 9.78. The lowest BCUT2D eigenvalue weighted by molar-refractivity contribution is -0.141. The van der Waals surface area contributed by atoms with E-state index in [4.69, 9.17) is 9.15 Å². The summed E-state index contributed by atoms with van der Waals surface area (Å²) in [6.07, 6.45) is 3.38. The number of nitrogens with zero attached hydrogens (tertiary/aromatic N) is 1. The quantitative estimate of drug-likeness (QED) is 0.623. The number of methoxy groups -OCH3 is 1. The molecule has 8 heteroatoms. The number of benzene rings is 1. The van der Waals surface area contributed by atoms with Crippen LogP contribution in [0.3, 0.4) is 0 Å². The lowest BCUT2D eigenvalue weighted by atomic mass is 10.3. The van der Waals surface area contributed by atoms with Crippen molar-refractivity contribution in [3.05, 3.63) is 48.4 Å². The Morgan fingerprint density at radius 3 is 2.54 bits per heavy atom. The van der Waals surface area contributed by atoms with Crippen LogP contribution in [0.25, 0.3) is 0 Å². The number of rotatable bonds is 9. The molecule has 1 aliphatic carbocycles. The Hall–Kier alpha value is -2.32. The molecule has 0 radical (unpaired) electrons. The maximum atomic E-state index is 13.0. The predicted molar refractivity (Wildman–Crippen MR) is 93.0 cm³/mol. The fourth-order valence-electron chi connectivity index (χ4n) is 2.53. The Labute approximate surface area is 152 Å². The van der Waals surface area contributed by atoms with Crippen molar-refractivity contribution in [1.29, 1.82) is 0 Å². The highest BCUT2D eigenvalue weighted by molar-refractivity contribution is 7.89. The molecule has 0 atom stereocenters. The number of hydrogen-bond acceptors (Lipinski definition) is 6. The highest BCUT2D eigenvalue weighted by Gasteiger charge is 2.38. The normalized spacial score (nSPS) is 14.4. The molecule has 0 amide bonds. The summed E-state index contributed by atoms with van der Waals surface area (Å²) in [5.41, 5.74) is 0. The van der Waals surface area contributed by atoms with Crippen molar-refractivity contribution in [2.24, 2.45) is 0 Å². The molecule has 1 aromatic heterocycles. The zero-order chi connectivity index (χ0) is 18.6. The Morgan fingerprint density at radius 2 is 1.96 bits per heavy atom. The van der Waals surface area contributed by atoms with Crippen LogP contribution in [0.1, 0.15) is 25.0 Å². The van der Waals surface area contributed by atoms with E-state index in [1.807, 2.05) is 0 Å². The van der Waals surface area contributed by atoms with E-state index in [0.29, 0.717) is 11.5 Å². The van der Waals surface area contributed by atoms with Gasteiger partial charge in [0, 0.05) is 6.04 Å². The third-order valence-corrected chi connectivity index (χ3v) is 5.99. The molecule has 0 spiro atoms. The van der Waals surface area contributed by atoms with E-state index in [9.17, 15) is 13.2 Å². The van der Waals surface area contributed by atoms with Gasteiger partial charge in [0.05, 0.1) is 37.8 Å². The third kappa shape index (κ3) is 4.44. The molecule has 1 aromatic carbocycles. The highest BCUT2D eigenvalue weighted by atomic mass is 32.2. The number of sulfonamides is 1. The Bertz CT molecular complexity index is 825. The van der Waals surface area contributed by atoms with E-state index in [1.165, 1.54) is 29.8 Å². The van der Waals surface area contributed by atoms with E-state index in [2.05, 4.69) is 4.74 Å². The predicted octanol–water partition coefficient (Wildman–Crippen LogP) is 2.57. The molecule has 0 aliphatic heterocycles. The van der Waals surface area contributed by atoms with Gasteiger partial charge in [0.15, 0.2) is 0 Å². The van der Waals surface area contributed by atoms with Crippen LogP contribution in [0.4, 0.5) is 0 Å². The van der Waals surface area contributed by atoms with Gasteiger partial charge in [-0.15, -0.1) is 0 Å². The Kier molecular flexibility index (Phi) is 5.63. The molecule has 1 aliphatic rings. The van der Waals surface area contributed by atoms with Gasteiger partial charge in [-0.25, -0.2) is 8.42 Å². The van der Waals surface area contributed by atoms with Gasteiger partial charge in [0.2, 0.25) is 10.0 Å². The van der Waals surface area contributed by atoms with Gasteiger partial charge in [-0.05, 0) is 49.2 Å². The van der Waals surface area contributed by atoms with Gasteiger partial charge in [0.25, 0.3) is 0 Å². The first-order valence-electron chi connectivity index (χ1n) is 8.34. The number of furan rings is 1. The summed E-state index contributed by atoms with van der Waals surface area (Å²) in [6.45, 7) is 0.392. The van der Waals surface area contributed by atoms with Crippen LogP contribution in [-0.2, 0) is 26.1 Å². The summed E-state index contributed by atoms with van der Waals surface area (Å²) in [7, 11) is -2.31. The van der Waals surface area contributed by atoms with Crippen LogP contribution in [0, 0.1) is 0 Å². The standard InChI is InChI=1S/C18H21NO6S/c1-23-18(20)10-12-25-15-6-8-17(9-7-15)26(21,22)19(14-4-5-14)13-16-3-2-11-24-16/h2-3,6-9,11,14H,4-5,10,12-13H2,1H3. The summed E-state index contributed by atoms with van der Waals surface area (Å²) < 4.78 is 42.7. The SMILES string of the molecule is COC(=O)CCOc1ccc(S(=O)(=O)N(Cc2ccco2)C2CC2)cc1. The summed E-state index contributed by atoms with van der Waals surface area (Å²) in [4.78, 5) is 11.3. The third-order valence-electron chi connectivity index (χ3n) is 4.08. The molecule has 1 saturated carbocycles. The van der Waals surface area contributed by atoms with Crippen LogP contribution < -0.4 is 4.74 Å². The molecule has 0 saturated heterocycles. The van der Waals surface area contributed by atoms with Gasteiger partial charge >= 0.3 is 5.97 Å². The van der Waals surface area contributed by atoms with E-state index in [1.54, 1.807) is 24.3 Å². The summed E-state index contributed by atoms with van der Waals surface area (Å²) in [5.74, 6) is 0.752. The van der Waals surface area contributed by atoms with Gasteiger partial charge in [-0.3, -0.25) is 4.79 Å². The van der Waals surface area contributed by atoms with E-state index in [0.717, 1.165) is 12.8 Å². The fourth-order valence-corrected chi connectivity index (χ4v) is 4.18. The van der Waals surface area contributed by atoms with Crippen molar-refractivity contribution in [1.82, 2.24) is 4.31 Å². The second-order valence-corrected chi connectivity index (χ2v) is 7.90. The van der Waals surface area contributed by atoms with Gasteiger partial charge in [-0.2, -0.15) is 4.31 Å².